The maximum Gasteiger partial charge on any atom is 0.313 e. The highest BCUT2D eigenvalue weighted by Gasteiger charge is 2.72. The molecule has 0 aromatic heterocycles. The Balaban J connectivity index is 1.47. The summed E-state index contributed by atoms with van der Waals surface area (Å²) >= 11 is 0. The van der Waals surface area contributed by atoms with Crippen molar-refractivity contribution in [2.24, 2.45) is 11.8 Å². The van der Waals surface area contributed by atoms with E-state index >= 15 is 0 Å². The summed E-state index contributed by atoms with van der Waals surface area (Å²) in [4.78, 5) is 44.0. The van der Waals surface area contributed by atoms with Gasteiger partial charge in [-0.05, 0) is 35.9 Å². The number of esters is 1. The molecule has 2 aromatic rings. The van der Waals surface area contributed by atoms with Gasteiger partial charge in [0.15, 0.2) is 0 Å². The Morgan fingerprint density at radius 2 is 1.89 bits per heavy atom. The van der Waals surface area contributed by atoms with Gasteiger partial charge in [-0.25, -0.2) is 0 Å². The van der Waals surface area contributed by atoms with Crippen LogP contribution < -0.4 is 4.90 Å². The highest BCUT2D eigenvalue weighted by atomic mass is 16.6. The van der Waals surface area contributed by atoms with Gasteiger partial charge in [0.1, 0.15) is 24.2 Å². The molecule has 35 heavy (non-hydrogen) atoms. The van der Waals surface area contributed by atoms with Crippen LogP contribution in [-0.2, 0) is 23.9 Å². The third-order valence-electron chi connectivity index (χ3n) is 7.64. The molecule has 8 heteroatoms. The minimum absolute atomic E-state index is 0.119. The summed E-state index contributed by atoms with van der Waals surface area (Å²) in [6, 6.07) is 12.0. The van der Waals surface area contributed by atoms with Crippen molar-refractivity contribution in [3.63, 3.8) is 0 Å². The molecule has 8 nitrogen and oxygen atoms in total. The number of likely N-dealkylation sites (tertiary alicyclic amines) is 1. The molecule has 0 radical (unpaired) electrons. The highest BCUT2D eigenvalue weighted by Crippen LogP contribution is 2.53. The Labute approximate surface area is 202 Å². The smallest absolute Gasteiger partial charge is 0.313 e. The van der Waals surface area contributed by atoms with Gasteiger partial charge in [0, 0.05) is 12.2 Å². The molecule has 2 amide bonds. The van der Waals surface area contributed by atoms with Crippen LogP contribution in [0.25, 0.3) is 10.8 Å². The maximum atomic E-state index is 14.2. The van der Waals surface area contributed by atoms with Crippen molar-refractivity contribution >= 4 is 34.2 Å². The third-order valence-corrected chi connectivity index (χ3v) is 7.64. The Bertz CT molecular complexity index is 1290. The number of carbonyl (C=O) groups excluding carboxylic acids is 3. The lowest BCUT2D eigenvalue weighted by Gasteiger charge is -2.37. The minimum Gasteiger partial charge on any atom is -0.461 e. The Morgan fingerprint density at radius 3 is 2.69 bits per heavy atom. The van der Waals surface area contributed by atoms with Gasteiger partial charge in [0.05, 0.1) is 24.7 Å². The molecule has 0 bridgehead atoms. The first-order valence-electron chi connectivity index (χ1n) is 11.9. The standard InChI is InChI=1S/C27H26N2O6/c1-16(15-30)29-23-25(32)28(19-10-9-17-6-2-3-7-18(17)14-19)12-5-11-27(23)22(24(29)31)21-20(35-27)8-4-13-34-26(21)33/h2-11,14,16,20-23,30H,12-13,15H2,1H3/t16?,20-,21+,22+,23-,27?/m1/s1. The monoisotopic (exact) mass is 474 g/mol. The Kier molecular flexibility index (Phi) is 5.05. The number of amides is 2. The number of cyclic esters (lactones) is 1. The van der Waals surface area contributed by atoms with E-state index in [1.807, 2.05) is 48.5 Å². The molecule has 1 N–H and O–H groups in total. The van der Waals surface area contributed by atoms with Crippen molar-refractivity contribution in [2.75, 3.05) is 24.7 Å². The summed E-state index contributed by atoms with van der Waals surface area (Å²) < 4.78 is 11.8. The number of ether oxygens (including phenoxy) is 2. The van der Waals surface area contributed by atoms with Crippen LogP contribution in [-0.4, -0.2) is 71.3 Å². The van der Waals surface area contributed by atoms with Gasteiger partial charge in [-0.3, -0.25) is 14.4 Å². The number of nitrogens with zero attached hydrogens (tertiary/aromatic N) is 2. The van der Waals surface area contributed by atoms with Crippen molar-refractivity contribution in [1.29, 1.82) is 0 Å². The first-order valence-corrected chi connectivity index (χ1v) is 11.9. The average molecular weight is 475 g/mol. The molecule has 2 fully saturated rings. The van der Waals surface area contributed by atoms with Crippen molar-refractivity contribution in [2.45, 2.75) is 30.7 Å². The summed E-state index contributed by atoms with van der Waals surface area (Å²) in [5, 5.41) is 12.0. The van der Waals surface area contributed by atoms with Gasteiger partial charge in [-0.1, -0.05) is 48.6 Å². The van der Waals surface area contributed by atoms with Gasteiger partial charge in [-0.2, -0.15) is 0 Å². The molecule has 1 spiro atoms. The zero-order chi connectivity index (χ0) is 24.3. The second-order valence-electron chi connectivity index (χ2n) is 9.56. The Morgan fingerprint density at radius 1 is 1.09 bits per heavy atom. The first-order chi connectivity index (χ1) is 17.0. The van der Waals surface area contributed by atoms with E-state index in [1.165, 1.54) is 4.90 Å². The summed E-state index contributed by atoms with van der Waals surface area (Å²) in [7, 11) is 0. The van der Waals surface area contributed by atoms with Crippen molar-refractivity contribution in [3.05, 3.63) is 66.8 Å². The molecule has 2 aromatic carbocycles. The molecule has 0 saturated carbocycles. The van der Waals surface area contributed by atoms with Crippen LogP contribution in [0.1, 0.15) is 6.92 Å². The fourth-order valence-electron chi connectivity index (χ4n) is 6.05. The molecule has 4 heterocycles. The number of anilines is 1. The largest absolute Gasteiger partial charge is 0.461 e. The quantitative estimate of drug-likeness (QED) is 0.539. The van der Waals surface area contributed by atoms with Crippen LogP contribution in [0.15, 0.2) is 66.8 Å². The van der Waals surface area contributed by atoms with Crippen LogP contribution in [0, 0.1) is 11.8 Å². The molecule has 2 unspecified atom stereocenters. The van der Waals surface area contributed by atoms with Crippen LogP contribution in [0.5, 0.6) is 0 Å². The normalized spacial score (nSPS) is 32.7. The molecule has 0 aliphatic carbocycles. The second kappa shape index (κ2) is 8.03. The molecule has 180 valence electrons. The topological polar surface area (TPSA) is 96.4 Å². The second-order valence-corrected chi connectivity index (χ2v) is 9.56. The molecular weight excluding hydrogens is 448 g/mol. The van der Waals surface area contributed by atoms with Gasteiger partial charge >= 0.3 is 5.97 Å². The van der Waals surface area contributed by atoms with E-state index in [0.29, 0.717) is 5.69 Å². The zero-order valence-corrected chi connectivity index (χ0v) is 19.2. The zero-order valence-electron chi connectivity index (χ0n) is 19.2. The number of fused-ring (bicyclic) bond motifs is 3. The highest BCUT2D eigenvalue weighted by molar-refractivity contribution is 6.06. The van der Waals surface area contributed by atoms with Gasteiger partial charge in [-0.15, -0.1) is 0 Å². The number of rotatable bonds is 3. The number of hydrogen-bond acceptors (Lipinski definition) is 6. The lowest BCUT2D eigenvalue weighted by atomic mass is 9.78. The van der Waals surface area contributed by atoms with Gasteiger partial charge in [0.25, 0.3) is 5.91 Å². The fourth-order valence-corrected chi connectivity index (χ4v) is 6.05. The lowest BCUT2D eigenvalue weighted by Crippen LogP contribution is -2.57. The van der Waals surface area contributed by atoms with Crippen molar-refractivity contribution < 1.29 is 29.0 Å². The van der Waals surface area contributed by atoms with E-state index in [4.69, 9.17) is 9.47 Å². The lowest BCUT2D eigenvalue weighted by molar-refractivity contribution is -0.153. The molecule has 4 aliphatic rings. The minimum atomic E-state index is -1.33. The number of aliphatic hydroxyl groups excluding tert-OH is 1. The molecule has 6 rings (SSSR count). The molecule has 6 atom stereocenters. The molecule has 4 aliphatic heterocycles. The Hall–Kier alpha value is -3.49. The number of benzene rings is 2. The van der Waals surface area contributed by atoms with E-state index in [2.05, 4.69) is 0 Å². The van der Waals surface area contributed by atoms with E-state index in [-0.39, 0.29) is 31.6 Å². The van der Waals surface area contributed by atoms with Crippen LogP contribution >= 0.6 is 0 Å². The van der Waals surface area contributed by atoms with Crippen molar-refractivity contribution in [3.8, 4) is 0 Å². The SMILES string of the molecule is CC(CO)N1C(=O)[C@@H]2[C@H]3C(=O)OCC=C[C@H]3OC23C=CCN(c2ccc4ccccc4c2)C(=O)[C@@H]13. The maximum absolute atomic E-state index is 14.2. The third kappa shape index (κ3) is 3.10. The number of aliphatic hydroxyl groups is 1. The van der Waals surface area contributed by atoms with Crippen LogP contribution in [0.2, 0.25) is 0 Å². The van der Waals surface area contributed by atoms with E-state index in [1.54, 1.807) is 30.1 Å². The first kappa shape index (κ1) is 22.0. The van der Waals surface area contributed by atoms with Crippen LogP contribution in [0.4, 0.5) is 5.69 Å². The fraction of sp³-hybridized carbons (Fsp3) is 0.370. The van der Waals surface area contributed by atoms with E-state index < -0.39 is 41.6 Å². The summed E-state index contributed by atoms with van der Waals surface area (Å²) in [6.07, 6.45) is 6.40. The summed E-state index contributed by atoms with van der Waals surface area (Å²) in [6.45, 7) is 1.78. The van der Waals surface area contributed by atoms with Crippen LogP contribution in [0.3, 0.4) is 0 Å². The summed E-state index contributed by atoms with van der Waals surface area (Å²) in [5.41, 5.74) is -0.631. The predicted octanol–water partition coefficient (Wildman–Crippen LogP) is 1.82. The number of carbonyl (C=O) groups is 3. The van der Waals surface area contributed by atoms with E-state index in [0.717, 1.165) is 10.8 Å². The molecular formula is C27H26N2O6. The van der Waals surface area contributed by atoms with Crippen molar-refractivity contribution in [1.82, 2.24) is 4.90 Å². The number of hydrogen-bond donors (Lipinski definition) is 1. The predicted molar refractivity (Wildman–Crippen MR) is 127 cm³/mol. The van der Waals surface area contributed by atoms with Gasteiger partial charge < -0.3 is 24.4 Å². The summed E-state index contributed by atoms with van der Waals surface area (Å²) in [5.74, 6) is -2.98. The molecule has 2 saturated heterocycles. The van der Waals surface area contributed by atoms with Gasteiger partial charge in [0.2, 0.25) is 5.91 Å². The van der Waals surface area contributed by atoms with E-state index in [9.17, 15) is 19.5 Å². The average Bonchev–Trinajstić information content (AvgIpc) is 3.18.